The summed E-state index contributed by atoms with van der Waals surface area (Å²) in [6.07, 6.45) is 0.438. The molecule has 32 heavy (non-hydrogen) atoms. The number of rotatable bonds is 4. The average molecular weight is 441 g/mol. The minimum absolute atomic E-state index is 0.00986. The van der Waals surface area contributed by atoms with E-state index in [1.165, 1.54) is 16.8 Å². The first kappa shape index (κ1) is 21.6. The SMILES string of the molecule is CN(Cc1cccc2c1CN(C1CCC(=O)CC1=O)C2=O)C(=O)Nc1cc(F)cc(F)c1. The second-order valence-electron chi connectivity index (χ2n) is 8.06. The van der Waals surface area contributed by atoms with E-state index in [1.807, 2.05) is 0 Å². The van der Waals surface area contributed by atoms with Crippen molar-refractivity contribution in [3.05, 3.63) is 64.7 Å². The van der Waals surface area contributed by atoms with Gasteiger partial charge in [0.05, 0.1) is 12.5 Å². The number of hydrogen-bond acceptors (Lipinski definition) is 4. The quantitative estimate of drug-likeness (QED) is 0.738. The van der Waals surface area contributed by atoms with Gasteiger partial charge in [-0.25, -0.2) is 13.6 Å². The number of nitrogens with zero attached hydrogens (tertiary/aromatic N) is 2. The summed E-state index contributed by atoms with van der Waals surface area (Å²) >= 11 is 0. The number of benzene rings is 2. The summed E-state index contributed by atoms with van der Waals surface area (Å²) in [6.45, 7) is 0.366. The molecule has 2 aromatic carbocycles. The summed E-state index contributed by atoms with van der Waals surface area (Å²) in [7, 11) is 1.52. The predicted octanol–water partition coefficient (Wildman–Crippen LogP) is 3.28. The Hall–Kier alpha value is -3.62. The van der Waals surface area contributed by atoms with Gasteiger partial charge in [0.15, 0.2) is 5.78 Å². The molecule has 0 aromatic heterocycles. The highest BCUT2D eigenvalue weighted by Crippen LogP contribution is 2.31. The fourth-order valence-corrected chi connectivity index (χ4v) is 4.18. The first-order valence-electron chi connectivity index (χ1n) is 10.2. The van der Waals surface area contributed by atoms with Crippen LogP contribution in [0.4, 0.5) is 19.3 Å². The Morgan fingerprint density at radius 1 is 1.16 bits per heavy atom. The molecular formula is C23H21F2N3O4. The highest BCUT2D eigenvalue weighted by molar-refractivity contribution is 6.07. The van der Waals surface area contributed by atoms with Gasteiger partial charge in [-0.15, -0.1) is 0 Å². The number of Topliss-reactive ketones (excluding diaryl/α,β-unsaturated/α-hetero) is 2. The topological polar surface area (TPSA) is 86.8 Å². The van der Waals surface area contributed by atoms with Crippen LogP contribution in [0, 0.1) is 11.6 Å². The zero-order valence-corrected chi connectivity index (χ0v) is 17.4. The van der Waals surface area contributed by atoms with Crippen molar-refractivity contribution in [2.24, 2.45) is 0 Å². The van der Waals surface area contributed by atoms with Crippen LogP contribution in [-0.4, -0.2) is 46.4 Å². The first-order chi connectivity index (χ1) is 15.2. The fraction of sp³-hybridized carbons (Fsp3) is 0.304. The van der Waals surface area contributed by atoms with Gasteiger partial charge in [-0.2, -0.15) is 0 Å². The second-order valence-corrected chi connectivity index (χ2v) is 8.06. The van der Waals surface area contributed by atoms with E-state index in [4.69, 9.17) is 0 Å². The molecule has 9 heteroatoms. The van der Waals surface area contributed by atoms with Crippen LogP contribution in [0.15, 0.2) is 36.4 Å². The van der Waals surface area contributed by atoms with Gasteiger partial charge in [-0.1, -0.05) is 12.1 Å². The summed E-state index contributed by atoms with van der Waals surface area (Å²) in [6, 6.07) is 6.70. The summed E-state index contributed by atoms with van der Waals surface area (Å²) in [5, 5.41) is 2.44. The maximum Gasteiger partial charge on any atom is 0.321 e. The summed E-state index contributed by atoms with van der Waals surface area (Å²) in [5.74, 6) is -2.23. The van der Waals surface area contributed by atoms with Gasteiger partial charge in [0.25, 0.3) is 5.91 Å². The molecule has 0 radical (unpaired) electrons. The summed E-state index contributed by atoms with van der Waals surface area (Å²) in [4.78, 5) is 52.1. The monoisotopic (exact) mass is 441 g/mol. The van der Waals surface area contributed by atoms with E-state index >= 15 is 0 Å². The van der Waals surface area contributed by atoms with Crippen molar-refractivity contribution in [1.29, 1.82) is 0 Å². The average Bonchev–Trinajstić information content (AvgIpc) is 3.05. The lowest BCUT2D eigenvalue weighted by Crippen LogP contribution is -2.44. The lowest BCUT2D eigenvalue weighted by atomic mass is 9.92. The molecule has 1 fully saturated rings. The minimum Gasteiger partial charge on any atom is -0.324 e. The number of ketones is 2. The van der Waals surface area contributed by atoms with Crippen molar-refractivity contribution in [2.45, 2.75) is 38.4 Å². The Labute approximate surface area is 183 Å². The number of anilines is 1. The van der Waals surface area contributed by atoms with Crippen LogP contribution >= 0.6 is 0 Å². The highest BCUT2D eigenvalue weighted by Gasteiger charge is 2.39. The molecule has 2 aromatic rings. The van der Waals surface area contributed by atoms with Crippen LogP contribution in [0.2, 0.25) is 0 Å². The molecule has 1 unspecified atom stereocenters. The van der Waals surface area contributed by atoms with Crippen molar-refractivity contribution < 1.29 is 28.0 Å². The van der Waals surface area contributed by atoms with Crippen LogP contribution < -0.4 is 5.32 Å². The largest absolute Gasteiger partial charge is 0.324 e. The van der Waals surface area contributed by atoms with Crippen LogP contribution in [0.3, 0.4) is 0 Å². The number of nitrogens with one attached hydrogen (secondary N) is 1. The van der Waals surface area contributed by atoms with E-state index in [1.54, 1.807) is 18.2 Å². The van der Waals surface area contributed by atoms with Crippen LogP contribution in [0.1, 0.15) is 40.7 Å². The zero-order chi connectivity index (χ0) is 23.0. The number of carbonyl (C=O) groups excluding carboxylic acids is 4. The number of hydrogen-bond donors (Lipinski definition) is 1. The van der Waals surface area contributed by atoms with Gasteiger partial charge in [0, 0.05) is 43.9 Å². The molecule has 1 atom stereocenters. The zero-order valence-electron chi connectivity index (χ0n) is 17.4. The predicted molar refractivity (Wildman–Crippen MR) is 111 cm³/mol. The lowest BCUT2D eigenvalue weighted by molar-refractivity contribution is -0.133. The van der Waals surface area contributed by atoms with E-state index in [0.717, 1.165) is 23.3 Å². The molecular weight excluding hydrogens is 420 g/mol. The number of fused-ring (bicyclic) bond motifs is 1. The highest BCUT2D eigenvalue weighted by atomic mass is 19.1. The Morgan fingerprint density at radius 2 is 1.88 bits per heavy atom. The van der Waals surface area contributed by atoms with E-state index < -0.39 is 23.7 Å². The van der Waals surface area contributed by atoms with E-state index in [9.17, 15) is 28.0 Å². The standard InChI is InChI=1S/C23H21F2N3O4/c1-27(23(32)26-16-8-14(24)7-15(25)9-16)11-13-3-2-4-18-19(13)12-28(22(18)31)20-6-5-17(29)10-21(20)30/h2-4,7-9,20H,5-6,10-12H2,1H3,(H,26,32). The second kappa shape index (κ2) is 8.49. The summed E-state index contributed by atoms with van der Waals surface area (Å²) in [5.41, 5.74) is 1.90. The molecule has 7 nitrogen and oxygen atoms in total. The molecule has 1 heterocycles. The van der Waals surface area contributed by atoms with Crippen molar-refractivity contribution in [3.63, 3.8) is 0 Å². The third-order valence-corrected chi connectivity index (χ3v) is 5.78. The van der Waals surface area contributed by atoms with Gasteiger partial charge in [0.1, 0.15) is 17.4 Å². The van der Waals surface area contributed by atoms with Crippen molar-refractivity contribution >= 4 is 29.2 Å². The van der Waals surface area contributed by atoms with Crippen LogP contribution in [0.25, 0.3) is 0 Å². The number of halogens is 2. The molecule has 1 saturated carbocycles. The molecule has 1 aliphatic carbocycles. The van der Waals surface area contributed by atoms with Crippen molar-refractivity contribution in [3.8, 4) is 0 Å². The maximum absolute atomic E-state index is 13.4. The fourth-order valence-electron chi connectivity index (χ4n) is 4.18. The Bertz CT molecular complexity index is 1110. The molecule has 2 aliphatic rings. The smallest absolute Gasteiger partial charge is 0.321 e. The van der Waals surface area contributed by atoms with Crippen LogP contribution in [-0.2, 0) is 22.7 Å². The number of urea groups is 1. The van der Waals surface area contributed by atoms with Gasteiger partial charge < -0.3 is 15.1 Å². The molecule has 0 saturated heterocycles. The van der Waals surface area contributed by atoms with Gasteiger partial charge >= 0.3 is 6.03 Å². The Balaban J connectivity index is 1.49. The maximum atomic E-state index is 13.4. The third-order valence-electron chi connectivity index (χ3n) is 5.78. The van der Waals surface area contributed by atoms with E-state index in [2.05, 4.69) is 5.32 Å². The molecule has 3 amide bonds. The minimum atomic E-state index is -0.804. The van der Waals surface area contributed by atoms with Crippen molar-refractivity contribution in [1.82, 2.24) is 9.80 Å². The lowest BCUT2D eigenvalue weighted by Gasteiger charge is -2.29. The van der Waals surface area contributed by atoms with Gasteiger partial charge in [-0.3, -0.25) is 14.4 Å². The molecule has 0 bridgehead atoms. The third kappa shape index (κ3) is 4.23. The van der Waals surface area contributed by atoms with Crippen molar-refractivity contribution in [2.75, 3.05) is 12.4 Å². The van der Waals surface area contributed by atoms with Crippen LogP contribution in [0.5, 0.6) is 0 Å². The molecule has 1 aliphatic heterocycles. The number of amides is 3. The molecule has 0 spiro atoms. The van der Waals surface area contributed by atoms with E-state index in [-0.39, 0.29) is 49.1 Å². The van der Waals surface area contributed by atoms with Gasteiger partial charge in [-0.05, 0) is 35.7 Å². The molecule has 166 valence electrons. The van der Waals surface area contributed by atoms with E-state index in [0.29, 0.717) is 18.1 Å². The first-order valence-corrected chi connectivity index (χ1v) is 10.2. The molecule has 4 rings (SSSR count). The molecule has 1 N–H and O–H groups in total. The number of carbonyl (C=O) groups is 4. The Kier molecular flexibility index (Phi) is 5.73. The Morgan fingerprint density at radius 3 is 2.56 bits per heavy atom. The normalized spacial score (nSPS) is 18.0. The summed E-state index contributed by atoms with van der Waals surface area (Å²) < 4.78 is 26.7. The van der Waals surface area contributed by atoms with Gasteiger partial charge in [0.2, 0.25) is 0 Å².